The highest BCUT2D eigenvalue weighted by atomic mass is 16.5. The first kappa shape index (κ1) is 29.1. The summed E-state index contributed by atoms with van der Waals surface area (Å²) in [6.07, 6.45) is 0.790. The molecule has 0 radical (unpaired) electrons. The van der Waals surface area contributed by atoms with Crippen LogP contribution < -0.4 is 34.3 Å². The Morgan fingerprint density at radius 3 is 1.79 bits per heavy atom. The smallest absolute Gasteiger partial charge is 0.259 e. The Bertz CT molecular complexity index is 1290. The highest BCUT2D eigenvalue weighted by Crippen LogP contribution is 2.35. The van der Waals surface area contributed by atoms with Crippen LogP contribution >= 0.6 is 0 Å². The first-order chi connectivity index (χ1) is 18.8. The van der Waals surface area contributed by atoms with Crippen molar-refractivity contribution in [1.82, 2.24) is 4.90 Å². The molecule has 2 N–H and O–H groups in total. The van der Waals surface area contributed by atoms with Gasteiger partial charge in [-0.3, -0.25) is 9.59 Å². The average molecular weight is 538 g/mol. The summed E-state index contributed by atoms with van der Waals surface area (Å²) in [6.45, 7) is 1.29. The summed E-state index contributed by atoms with van der Waals surface area (Å²) in [5.74, 6) is 1.11. The van der Waals surface area contributed by atoms with Crippen LogP contribution in [0, 0.1) is 0 Å². The first-order valence-corrected chi connectivity index (χ1v) is 12.3. The molecule has 0 aromatic heterocycles. The van der Waals surface area contributed by atoms with Gasteiger partial charge in [-0.2, -0.15) is 0 Å². The number of amides is 2. The Balaban J connectivity index is 1.91. The van der Waals surface area contributed by atoms with Crippen LogP contribution in [0.15, 0.2) is 54.6 Å². The minimum atomic E-state index is -0.429. The summed E-state index contributed by atoms with van der Waals surface area (Å²) < 4.78 is 27.4. The number of carbonyl (C=O) groups is 2. The van der Waals surface area contributed by atoms with Crippen molar-refractivity contribution in [3.05, 3.63) is 65.7 Å². The molecule has 0 aliphatic carbocycles. The molecule has 0 unspecified atom stereocenters. The van der Waals surface area contributed by atoms with Crippen LogP contribution in [0.1, 0.15) is 27.1 Å². The minimum absolute atomic E-state index is 0.283. The van der Waals surface area contributed by atoms with Crippen LogP contribution in [0.2, 0.25) is 0 Å². The molecule has 3 rings (SSSR count). The number of para-hydroxylation sites is 2. The van der Waals surface area contributed by atoms with Crippen molar-refractivity contribution in [2.45, 2.75) is 6.42 Å². The standard InChI is InChI=1S/C29H35N3O7/c1-32(2)16-9-17-39-23-15-14-19(30-28(33)20-10-7-12-24(35-3)26(20)37-5)18-22(23)31-29(34)21-11-8-13-25(36-4)27(21)38-6/h7-8,10-15,18H,9,16-17H2,1-6H3,(H,30,33)(H,31,34). The summed E-state index contributed by atoms with van der Waals surface area (Å²) in [6, 6.07) is 15.1. The fourth-order valence-electron chi connectivity index (χ4n) is 3.91. The van der Waals surface area contributed by atoms with Gasteiger partial charge < -0.3 is 39.2 Å². The number of rotatable bonds is 13. The second kappa shape index (κ2) is 13.9. The van der Waals surface area contributed by atoms with E-state index < -0.39 is 11.8 Å². The molecule has 0 aliphatic rings. The SMILES string of the molecule is COc1cccc(C(=O)Nc2ccc(OCCCN(C)C)c(NC(=O)c3cccc(OC)c3OC)c2)c1OC. The van der Waals surface area contributed by atoms with Gasteiger partial charge in [-0.25, -0.2) is 0 Å². The minimum Gasteiger partial charge on any atom is -0.493 e. The molecule has 0 bridgehead atoms. The summed E-state index contributed by atoms with van der Waals surface area (Å²) in [5, 5.41) is 5.75. The summed E-state index contributed by atoms with van der Waals surface area (Å²) in [4.78, 5) is 28.5. The summed E-state index contributed by atoms with van der Waals surface area (Å²) >= 11 is 0. The van der Waals surface area contributed by atoms with Crippen molar-refractivity contribution in [2.75, 3.05) is 66.3 Å². The Labute approximate surface area is 228 Å². The molecule has 2 amide bonds. The van der Waals surface area contributed by atoms with E-state index in [4.69, 9.17) is 23.7 Å². The molecule has 3 aromatic rings. The largest absolute Gasteiger partial charge is 0.493 e. The van der Waals surface area contributed by atoms with Crippen LogP contribution in [0.4, 0.5) is 11.4 Å². The van der Waals surface area contributed by atoms with Crippen molar-refractivity contribution < 1.29 is 33.3 Å². The zero-order chi connectivity index (χ0) is 28.4. The maximum absolute atomic E-state index is 13.3. The molecule has 39 heavy (non-hydrogen) atoms. The molecule has 3 aromatic carbocycles. The fraction of sp³-hybridized carbons (Fsp3) is 0.310. The van der Waals surface area contributed by atoms with Crippen molar-refractivity contribution in [1.29, 1.82) is 0 Å². The van der Waals surface area contributed by atoms with E-state index in [-0.39, 0.29) is 5.56 Å². The molecule has 208 valence electrons. The fourth-order valence-corrected chi connectivity index (χ4v) is 3.91. The Morgan fingerprint density at radius 2 is 1.28 bits per heavy atom. The number of ether oxygens (including phenoxy) is 5. The van der Waals surface area contributed by atoms with E-state index in [1.807, 2.05) is 14.1 Å². The molecular formula is C29H35N3O7. The van der Waals surface area contributed by atoms with Gasteiger partial charge >= 0.3 is 0 Å². The highest BCUT2D eigenvalue weighted by molar-refractivity contribution is 6.09. The van der Waals surface area contributed by atoms with Gasteiger partial charge in [0.2, 0.25) is 0 Å². The van der Waals surface area contributed by atoms with Crippen LogP contribution in [-0.4, -0.2) is 72.4 Å². The Kier molecular flexibility index (Phi) is 10.4. The van der Waals surface area contributed by atoms with E-state index in [0.717, 1.165) is 13.0 Å². The normalized spacial score (nSPS) is 10.5. The number of carbonyl (C=O) groups excluding carboxylic acids is 2. The van der Waals surface area contributed by atoms with E-state index in [1.165, 1.54) is 28.4 Å². The molecule has 0 atom stereocenters. The zero-order valence-electron chi connectivity index (χ0n) is 23.1. The second-order valence-electron chi connectivity index (χ2n) is 8.71. The number of nitrogens with one attached hydrogen (secondary N) is 2. The summed E-state index contributed by atoms with van der Waals surface area (Å²) in [5.41, 5.74) is 1.40. The zero-order valence-corrected chi connectivity index (χ0v) is 23.1. The van der Waals surface area contributed by atoms with E-state index in [9.17, 15) is 9.59 Å². The van der Waals surface area contributed by atoms with Crippen LogP contribution in [0.5, 0.6) is 28.7 Å². The molecule has 10 heteroatoms. The van der Waals surface area contributed by atoms with Gasteiger partial charge in [0, 0.05) is 12.2 Å². The lowest BCUT2D eigenvalue weighted by Crippen LogP contribution is -2.17. The number of hydrogen-bond acceptors (Lipinski definition) is 8. The van der Waals surface area contributed by atoms with E-state index in [2.05, 4.69) is 15.5 Å². The van der Waals surface area contributed by atoms with Crippen molar-refractivity contribution in [2.24, 2.45) is 0 Å². The van der Waals surface area contributed by atoms with E-state index in [0.29, 0.717) is 52.3 Å². The van der Waals surface area contributed by atoms with Gasteiger partial charge in [-0.1, -0.05) is 12.1 Å². The van der Waals surface area contributed by atoms with E-state index >= 15 is 0 Å². The van der Waals surface area contributed by atoms with Crippen LogP contribution in [-0.2, 0) is 0 Å². The Hall–Kier alpha value is -4.44. The number of hydrogen-bond donors (Lipinski definition) is 2. The molecule has 0 spiro atoms. The average Bonchev–Trinajstić information content (AvgIpc) is 2.94. The van der Waals surface area contributed by atoms with Crippen molar-refractivity contribution in [3.8, 4) is 28.7 Å². The number of benzene rings is 3. The molecule has 0 saturated carbocycles. The van der Waals surface area contributed by atoms with Crippen molar-refractivity contribution in [3.63, 3.8) is 0 Å². The third-order valence-corrected chi connectivity index (χ3v) is 5.79. The lowest BCUT2D eigenvalue weighted by atomic mass is 10.1. The molecule has 0 fully saturated rings. The summed E-state index contributed by atoms with van der Waals surface area (Å²) in [7, 11) is 9.92. The number of methoxy groups -OCH3 is 4. The van der Waals surface area contributed by atoms with Crippen molar-refractivity contribution >= 4 is 23.2 Å². The lowest BCUT2D eigenvalue weighted by molar-refractivity contribution is 0.101. The first-order valence-electron chi connectivity index (χ1n) is 12.3. The molecule has 0 saturated heterocycles. The Morgan fingerprint density at radius 1 is 0.718 bits per heavy atom. The maximum Gasteiger partial charge on any atom is 0.259 e. The molecule has 10 nitrogen and oxygen atoms in total. The topological polar surface area (TPSA) is 108 Å². The van der Waals surface area contributed by atoms with Crippen LogP contribution in [0.25, 0.3) is 0 Å². The number of nitrogens with zero attached hydrogens (tertiary/aromatic N) is 1. The van der Waals surface area contributed by atoms with Gasteiger partial charge in [0.15, 0.2) is 23.0 Å². The quantitative estimate of drug-likeness (QED) is 0.306. The highest BCUT2D eigenvalue weighted by Gasteiger charge is 2.20. The third kappa shape index (κ3) is 7.32. The molecule has 0 aliphatic heterocycles. The third-order valence-electron chi connectivity index (χ3n) is 5.79. The number of anilines is 2. The van der Waals surface area contributed by atoms with Gasteiger partial charge in [0.1, 0.15) is 5.75 Å². The predicted octanol–water partition coefficient (Wildman–Crippen LogP) is 4.56. The van der Waals surface area contributed by atoms with Gasteiger partial charge in [0.05, 0.1) is 51.9 Å². The van der Waals surface area contributed by atoms with Gasteiger partial charge in [-0.05, 0) is 63.0 Å². The van der Waals surface area contributed by atoms with E-state index in [1.54, 1.807) is 54.6 Å². The lowest BCUT2D eigenvalue weighted by Gasteiger charge is -2.17. The maximum atomic E-state index is 13.3. The monoisotopic (exact) mass is 537 g/mol. The van der Waals surface area contributed by atoms with Gasteiger partial charge in [-0.15, -0.1) is 0 Å². The second-order valence-corrected chi connectivity index (χ2v) is 8.71. The van der Waals surface area contributed by atoms with Crippen LogP contribution in [0.3, 0.4) is 0 Å². The van der Waals surface area contributed by atoms with Gasteiger partial charge in [0.25, 0.3) is 11.8 Å². The predicted molar refractivity (Wildman–Crippen MR) is 150 cm³/mol. The molecular weight excluding hydrogens is 502 g/mol. The molecule has 0 heterocycles.